The molecule has 4 rings (SSSR count). The van der Waals surface area contributed by atoms with Gasteiger partial charge in [0.15, 0.2) is 11.3 Å². The molecule has 0 bridgehead atoms. The van der Waals surface area contributed by atoms with Crippen LogP contribution in [0.2, 0.25) is 0 Å². The molecule has 5 nitrogen and oxygen atoms in total. The number of fused-ring (bicyclic) bond motifs is 3. The fourth-order valence-electron chi connectivity index (χ4n) is 2.80. The molecule has 1 N–H and O–H groups in total. The fourth-order valence-corrected chi connectivity index (χ4v) is 2.80. The summed E-state index contributed by atoms with van der Waals surface area (Å²) in [6, 6.07) is 14.8. The summed E-state index contributed by atoms with van der Waals surface area (Å²) in [5.41, 5.74) is 0.845. The SMILES string of the molecule is O=C(Nc1ccccn1)c1ccc(OC(F)F)c2oc3ccccc3c12. The number of nitrogens with zero attached hydrogens (tertiary/aromatic N) is 1. The van der Waals surface area contributed by atoms with Crippen LogP contribution in [0, 0.1) is 0 Å². The monoisotopic (exact) mass is 354 g/mol. The van der Waals surface area contributed by atoms with Crippen LogP contribution >= 0.6 is 0 Å². The molecule has 0 aliphatic rings. The van der Waals surface area contributed by atoms with Gasteiger partial charge in [0.2, 0.25) is 0 Å². The first-order valence-electron chi connectivity index (χ1n) is 7.75. The van der Waals surface area contributed by atoms with E-state index in [0.717, 1.165) is 0 Å². The Kier molecular flexibility index (Phi) is 3.96. The van der Waals surface area contributed by atoms with E-state index in [-0.39, 0.29) is 16.9 Å². The molecule has 7 heteroatoms. The normalized spacial score (nSPS) is 11.2. The molecule has 0 spiro atoms. The molecular weight excluding hydrogens is 342 g/mol. The summed E-state index contributed by atoms with van der Waals surface area (Å²) < 4.78 is 35.6. The van der Waals surface area contributed by atoms with Gasteiger partial charge in [-0.3, -0.25) is 4.79 Å². The van der Waals surface area contributed by atoms with E-state index >= 15 is 0 Å². The zero-order valence-electron chi connectivity index (χ0n) is 13.3. The first kappa shape index (κ1) is 16.0. The summed E-state index contributed by atoms with van der Waals surface area (Å²) in [6.07, 6.45) is 1.55. The van der Waals surface area contributed by atoms with Gasteiger partial charge in [0, 0.05) is 17.0 Å². The highest BCUT2D eigenvalue weighted by molar-refractivity contribution is 6.20. The average molecular weight is 354 g/mol. The van der Waals surface area contributed by atoms with Gasteiger partial charge in [-0.15, -0.1) is 0 Å². The molecule has 2 aromatic heterocycles. The van der Waals surface area contributed by atoms with Crippen LogP contribution in [0.1, 0.15) is 10.4 Å². The van der Waals surface area contributed by atoms with Gasteiger partial charge in [0.1, 0.15) is 11.4 Å². The van der Waals surface area contributed by atoms with Crippen LogP contribution in [0.15, 0.2) is 65.2 Å². The molecule has 0 fully saturated rings. The third-order valence-electron chi connectivity index (χ3n) is 3.86. The number of pyridine rings is 1. The number of alkyl halides is 2. The van der Waals surface area contributed by atoms with E-state index in [1.807, 2.05) is 0 Å². The molecule has 4 aromatic rings. The van der Waals surface area contributed by atoms with E-state index in [1.54, 1.807) is 48.7 Å². The van der Waals surface area contributed by atoms with Gasteiger partial charge in [0.25, 0.3) is 5.91 Å². The van der Waals surface area contributed by atoms with E-state index in [0.29, 0.717) is 22.2 Å². The standard InChI is InChI=1S/C19H12F2N2O3/c20-19(21)26-14-9-8-12(18(24)23-15-7-3-4-10-22-15)16-11-5-1-2-6-13(11)25-17(14)16/h1-10,19H,(H,22,23,24). The van der Waals surface area contributed by atoms with Crippen molar-refractivity contribution in [2.24, 2.45) is 0 Å². The van der Waals surface area contributed by atoms with Crippen molar-refractivity contribution < 1.29 is 22.7 Å². The predicted octanol–water partition coefficient (Wildman–Crippen LogP) is 4.83. The van der Waals surface area contributed by atoms with Gasteiger partial charge in [-0.05, 0) is 30.3 Å². The molecule has 1 amide bonds. The van der Waals surface area contributed by atoms with Gasteiger partial charge < -0.3 is 14.5 Å². The summed E-state index contributed by atoms with van der Waals surface area (Å²) in [4.78, 5) is 16.8. The number of para-hydroxylation sites is 1. The van der Waals surface area contributed by atoms with E-state index in [1.165, 1.54) is 12.1 Å². The number of anilines is 1. The summed E-state index contributed by atoms with van der Waals surface area (Å²) >= 11 is 0. The van der Waals surface area contributed by atoms with Crippen LogP contribution in [-0.2, 0) is 0 Å². The first-order chi connectivity index (χ1) is 12.6. The van der Waals surface area contributed by atoms with Gasteiger partial charge in [-0.2, -0.15) is 8.78 Å². The first-order valence-corrected chi connectivity index (χ1v) is 7.75. The maximum atomic E-state index is 12.7. The molecule has 2 aromatic carbocycles. The largest absolute Gasteiger partial charge is 0.452 e. The van der Waals surface area contributed by atoms with Crippen LogP contribution in [0.3, 0.4) is 0 Å². The van der Waals surface area contributed by atoms with E-state index in [9.17, 15) is 13.6 Å². The Morgan fingerprint density at radius 3 is 2.65 bits per heavy atom. The number of aromatic nitrogens is 1. The van der Waals surface area contributed by atoms with Gasteiger partial charge in [-0.1, -0.05) is 24.3 Å². The average Bonchev–Trinajstić information content (AvgIpc) is 3.02. The second-order valence-corrected chi connectivity index (χ2v) is 5.46. The molecule has 2 heterocycles. The van der Waals surface area contributed by atoms with Crippen LogP contribution < -0.4 is 10.1 Å². The van der Waals surface area contributed by atoms with Crippen molar-refractivity contribution in [1.82, 2.24) is 4.98 Å². The summed E-state index contributed by atoms with van der Waals surface area (Å²) in [7, 11) is 0. The minimum absolute atomic E-state index is 0.0974. The second-order valence-electron chi connectivity index (χ2n) is 5.46. The molecule has 0 atom stereocenters. The Morgan fingerprint density at radius 2 is 1.88 bits per heavy atom. The number of furan rings is 1. The third-order valence-corrected chi connectivity index (χ3v) is 3.86. The van der Waals surface area contributed by atoms with Crippen LogP contribution in [0.25, 0.3) is 21.9 Å². The van der Waals surface area contributed by atoms with Crippen molar-refractivity contribution in [3.05, 3.63) is 66.4 Å². The fraction of sp³-hybridized carbons (Fsp3) is 0.0526. The van der Waals surface area contributed by atoms with Crippen molar-refractivity contribution in [2.75, 3.05) is 5.32 Å². The number of carbonyl (C=O) groups excluding carboxylic acids is 1. The van der Waals surface area contributed by atoms with Crippen LogP contribution in [0.4, 0.5) is 14.6 Å². The Bertz CT molecular complexity index is 1090. The number of hydrogen-bond acceptors (Lipinski definition) is 4. The van der Waals surface area contributed by atoms with Crippen molar-refractivity contribution in [1.29, 1.82) is 0 Å². The number of carbonyl (C=O) groups is 1. The highest BCUT2D eigenvalue weighted by atomic mass is 19.3. The molecule has 0 aliphatic carbocycles. The van der Waals surface area contributed by atoms with E-state index in [2.05, 4.69) is 15.0 Å². The Labute approximate surface area is 146 Å². The van der Waals surface area contributed by atoms with Crippen LogP contribution in [-0.4, -0.2) is 17.5 Å². The molecule has 0 unspecified atom stereocenters. The topological polar surface area (TPSA) is 64.4 Å². The molecule has 0 saturated carbocycles. The molecular formula is C19H12F2N2O3. The lowest BCUT2D eigenvalue weighted by atomic mass is 10.1. The summed E-state index contributed by atoms with van der Waals surface area (Å²) in [5.74, 6) is -0.171. The smallest absolute Gasteiger partial charge is 0.387 e. The van der Waals surface area contributed by atoms with Gasteiger partial charge in [0.05, 0.1) is 5.56 Å². The van der Waals surface area contributed by atoms with Crippen molar-refractivity contribution in [3.63, 3.8) is 0 Å². The maximum absolute atomic E-state index is 12.7. The van der Waals surface area contributed by atoms with Crippen molar-refractivity contribution in [2.45, 2.75) is 6.61 Å². The number of hydrogen-bond donors (Lipinski definition) is 1. The molecule has 0 aliphatic heterocycles. The predicted molar refractivity (Wildman–Crippen MR) is 92.5 cm³/mol. The van der Waals surface area contributed by atoms with Gasteiger partial charge >= 0.3 is 6.61 Å². The Hall–Kier alpha value is -3.48. The summed E-state index contributed by atoms with van der Waals surface area (Å²) in [6.45, 7) is -3.00. The lowest BCUT2D eigenvalue weighted by molar-refractivity contribution is -0.0493. The third kappa shape index (κ3) is 2.83. The molecule has 26 heavy (non-hydrogen) atoms. The highest BCUT2D eigenvalue weighted by Gasteiger charge is 2.21. The van der Waals surface area contributed by atoms with E-state index < -0.39 is 12.5 Å². The Balaban J connectivity index is 1.88. The number of halogens is 2. The van der Waals surface area contributed by atoms with Crippen molar-refractivity contribution >= 4 is 33.7 Å². The summed E-state index contributed by atoms with van der Waals surface area (Å²) in [5, 5.41) is 3.73. The number of amides is 1. The molecule has 130 valence electrons. The minimum Gasteiger partial charge on any atom is -0.452 e. The number of rotatable bonds is 4. The second kappa shape index (κ2) is 6.44. The van der Waals surface area contributed by atoms with E-state index in [4.69, 9.17) is 4.42 Å². The molecule has 0 saturated heterocycles. The lowest BCUT2D eigenvalue weighted by Gasteiger charge is -2.09. The lowest BCUT2D eigenvalue weighted by Crippen LogP contribution is -2.13. The maximum Gasteiger partial charge on any atom is 0.387 e. The minimum atomic E-state index is -3.00. The number of nitrogens with one attached hydrogen (secondary N) is 1. The van der Waals surface area contributed by atoms with Crippen molar-refractivity contribution in [3.8, 4) is 5.75 Å². The van der Waals surface area contributed by atoms with Gasteiger partial charge in [-0.25, -0.2) is 4.98 Å². The number of benzene rings is 2. The number of ether oxygens (including phenoxy) is 1. The highest BCUT2D eigenvalue weighted by Crippen LogP contribution is 2.37. The molecule has 0 radical (unpaired) electrons. The zero-order chi connectivity index (χ0) is 18.1. The van der Waals surface area contributed by atoms with Crippen LogP contribution in [0.5, 0.6) is 5.75 Å². The quantitative estimate of drug-likeness (QED) is 0.570. The Morgan fingerprint density at radius 1 is 1.08 bits per heavy atom. The zero-order valence-corrected chi connectivity index (χ0v) is 13.3.